The summed E-state index contributed by atoms with van der Waals surface area (Å²) < 4.78 is 24.7. The summed E-state index contributed by atoms with van der Waals surface area (Å²) >= 11 is 0. The zero-order valence-corrected chi connectivity index (χ0v) is 11.7. The average molecular weight is 268 g/mol. The van der Waals surface area contributed by atoms with Gasteiger partial charge in [0.25, 0.3) is 0 Å². The van der Waals surface area contributed by atoms with Crippen molar-refractivity contribution in [3.8, 4) is 0 Å². The molecule has 1 aromatic carbocycles. The van der Waals surface area contributed by atoms with E-state index < -0.39 is 10.0 Å². The molecule has 5 heteroatoms. The Morgan fingerprint density at radius 1 is 1.33 bits per heavy atom. The van der Waals surface area contributed by atoms with E-state index in [0.717, 1.165) is 37.2 Å². The second kappa shape index (κ2) is 5.28. The molecule has 100 valence electrons. The molecule has 0 spiro atoms. The minimum atomic E-state index is -3.20. The molecule has 0 radical (unpaired) electrons. The van der Waals surface area contributed by atoms with Crippen LogP contribution in [0.4, 0.5) is 5.69 Å². The van der Waals surface area contributed by atoms with Crippen molar-refractivity contribution in [2.45, 2.75) is 18.8 Å². The predicted molar refractivity (Wildman–Crippen MR) is 74.5 cm³/mol. The van der Waals surface area contributed by atoms with Crippen LogP contribution in [0.1, 0.15) is 24.3 Å². The van der Waals surface area contributed by atoms with E-state index in [4.69, 9.17) is 0 Å². The molecule has 1 heterocycles. The molecule has 1 aliphatic heterocycles. The molecule has 0 amide bonds. The van der Waals surface area contributed by atoms with Crippen LogP contribution in [0.15, 0.2) is 24.3 Å². The Labute approximate surface area is 109 Å². The van der Waals surface area contributed by atoms with Crippen LogP contribution in [0, 0.1) is 0 Å². The highest BCUT2D eigenvalue weighted by molar-refractivity contribution is 7.92. The lowest BCUT2D eigenvalue weighted by molar-refractivity contribution is 0.462. The number of hydrogen-bond donors (Lipinski definition) is 1. The molecule has 18 heavy (non-hydrogen) atoms. The normalized spacial score (nSPS) is 20.7. The summed E-state index contributed by atoms with van der Waals surface area (Å²) in [6.07, 6.45) is 3.49. The highest BCUT2D eigenvalue weighted by Gasteiger charge is 2.22. The third kappa shape index (κ3) is 2.84. The van der Waals surface area contributed by atoms with E-state index in [2.05, 4.69) is 5.32 Å². The van der Waals surface area contributed by atoms with Crippen molar-refractivity contribution in [2.75, 3.05) is 30.7 Å². The van der Waals surface area contributed by atoms with Gasteiger partial charge in [-0.2, -0.15) is 0 Å². The van der Waals surface area contributed by atoms with Crippen molar-refractivity contribution in [3.63, 3.8) is 0 Å². The van der Waals surface area contributed by atoms with Crippen molar-refractivity contribution < 1.29 is 8.42 Å². The maximum atomic E-state index is 11.7. The summed E-state index contributed by atoms with van der Waals surface area (Å²) in [5, 5.41) is 3.37. The Kier molecular flexibility index (Phi) is 3.92. The summed E-state index contributed by atoms with van der Waals surface area (Å²) in [4.78, 5) is 0. The van der Waals surface area contributed by atoms with Gasteiger partial charge in [0.15, 0.2) is 0 Å². The Balaban J connectivity index is 2.36. The average Bonchev–Trinajstić information content (AvgIpc) is 2.38. The van der Waals surface area contributed by atoms with Gasteiger partial charge in [-0.15, -0.1) is 0 Å². The van der Waals surface area contributed by atoms with Crippen LogP contribution in [0.3, 0.4) is 0 Å². The second-order valence-corrected chi connectivity index (χ2v) is 6.85. The van der Waals surface area contributed by atoms with E-state index in [1.807, 2.05) is 24.3 Å². The summed E-state index contributed by atoms with van der Waals surface area (Å²) in [7, 11) is -1.59. The Morgan fingerprint density at radius 3 is 2.67 bits per heavy atom. The zero-order valence-electron chi connectivity index (χ0n) is 10.9. The molecule has 0 aliphatic carbocycles. The fourth-order valence-corrected chi connectivity index (χ4v) is 2.94. The highest BCUT2D eigenvalue weighted by Crippen LogP contribution is 2.31. The summed E-state index contributed by atoms with van der Waals surface area (Å²) in [5.74, 6) is 0.402. The monoisotopic (exact) mass is 268 g/mol. The molecule has 1 N–H and O–H groups in total. The van der Waals surface area contributed by atoms with Gasteiger partial charge in [-0.1, -0.05) is 18.2 Å². The molecule has 0 bridgehead atoms. The predicted octanol–water partition coefficient (Wildman–Crippen LogP) is 1.55. The third-order valence-electron chi connectivity index (χ3n) is 3.51. The lowest BCUT2D eigenvalue weighted by Crippen LogP contribution is -2.31. The van der Waals surface area contributed by atoms with Crippen molar-refractivity contribution in [3.05, 3.63) is 29.8 Å². The molecule has 0 aromatic heterocycles. The smallest absolute Gasteiger partial charge is 0.232 e. The first kappa shape index (κ1) is 13.4. The van der Waals surface area contributed by atoms with E-state index in [-0.39, 0.29) is 0 Å². The fraction of sp³-hybridized carbons (Fsp3) is 0.538. The lowest BCUT2D eigenvalue weighted by atomic mass is 9.90. The maximum absolute atomic E-state index is 11.7. The van der Waals surface area contributed by atoms with E-state index in [1.54, 1.807) is 7.05 Å². The lowest BCUT2D eigenvalue weighted by Gasteiger charge is -2.28. The Hall–Kier alpha value is -1.07. The van der Waals surface area contributed by atoms with Gasteiger partial charge < -0.3 is 5.32 Å². The topological polar surface area (TPSA) is 49.4 Å². The van der Waals surface area contributed by atoms with Gasteiger partial charge in [-0.25, -0.2) is 8.42 Å². The van der Waals surface area contributed by atoms with Gasteiger partial charge in [0, 0.05) is 13.6 Å². The first-order valence-electron chi connectivity index (χ1n) is 6.23. The van der Waals surface area contributed by atoms with Gasteiger partial charge in [-0.3, -0.25) is 4.31 Å². The van der Waals surface area contributed by atoms with Crippen LogP contribution < -0.4 is 9.62 Å². The number of rotatable bonds is 3. The number of benzene rings is 1. The summed E-state index contributed by atoms with van der Waals surface area (Å²) in [6, 6.07) is 7.78. The molecule has 4 nitrogen and oxygen atoms in total. The van der Waals surface area contributed by atoms with Gasteiger partial charge >= 0.3 is 0 Å². The van der Waals surface area contributed by atoms with E-state index in [1.165, 1.54) is 10.6 Å². The molecule has 1 saturated heterocycles. The number of hydrogen-bond acceptors (Lipinski definition) is 3. The molecule has 1 atom stereocenters. The molecule has 1 unspecified atom stereocenters. The van der Waals surface area contributed by atoms with Crippen LogP contribution in [0.25, 0.3) is 0 Å². The number of sulfonamides is 1. The van der Waals surface area contributed by atoms with E-state index in [9.17, 15) is 8.42 Å². The SMILES string of the molecule is CN(c1ccccc1C1CCCNC1)S(C)(=O)=O. The number of piperidine rings is 1. The molecular formula is C13H20N2O2S. The molecule has 1 aromatic rings. The Bertz CT molecular complexity index is 507. The highest BCUT2D eigenvalue weighted by atomic mass is 32.2. The molecule has 1 aliphatic rings. The Morgan fingerprint density at radius 2 is 2.06 bits per heavy atom. The first-order valence-corrected chi connectivity index (χ1v) is 8.08. The zero-order chi connectivity index (χ0) is 13.2. The number of nitrogens with one attached hydrogen (secondary N) is 1. The largest absolute Gasteiger partial charge is 0.316 e. The van der Waals surface area contributed by atoms with Crippen LogP contribution in [0.2, 0.25) is 0 Å². The maximum Gasteiger partial charge on any atom is 0.232 e. The first-order chi connectivity index (χ1) is 8.50. The van der Waals surface area contributed by atoms with Gasteiger partial charge in [0.05, 0.1) is 11.9 Å². The number of nitrogens with zero attached hydrogens (tertiary/aromatic N) is 1. The van der Waals surface area contributed by atoms with E-state index >= 15 is 0 Å². The van der Waals surface area contributed by atoms with Gasteiger partial charge in [-0.05, 0) is 36.9 Å². The van der Waals surface area contributed by atoms with Gasteiger partial charge in [0.2, 0.25) is 10.0 Å². The minimum Gasteiger partial charge on any atom is -0.316 e. The summed E-state index contributed by atoms with van der Waals surface area (Å²) in [6.45, 7) is 1.98. The number of para-hydroxylation sites is 1. The van der Waals surface area contributed by atoms with Crippen LogP contribution in [-0.2, 0) is 10.0 Å². The van der Waals surface area contributed by atoms with Crippen molar-refractivity contribution in [1.82, 2.24) is 5.32 Å². The molecule has 0 saturated carbocycles. The van der Waals surface area contributed by atoms with Crippen LogP contribution in [0.5, 0.6) is 0 Å². The van der Waals surface area contributed by atoms with Crippen molar-refractivity contribution in [2.24, 2.45) is 0 Å². The minimum absolute atomic E-state index is 0.402. The second-order valence-electron chi connectivity index (χ2n) is 4.83. The molecule has 1 fully saturated rings. The standard InChI is InChI=1S/C13H20N2O2S/c1-15(18(2,16)17)13-8-4-3-7-12(13)11-6-5-9-14-10-11/h3-4,7-8,11,14H,5-6,9-10H2,1-2H3. The quantitative estimate of drug-likeness (QED) is 0.905. The summed E-state index contributed by atoms with van der Waals surface area (Å²) in [5.41, 5.74) is 1.92. The fourth-order valence-electron chi connectivity index (χ4n) is 2.42. The van der Waals surface area contributed by atoms with Crippen LogP contribution in [-0.4, -0.2) is 34.8 Å². The molecule has 2 rings (SSSR count). The van der Waals surface area contributed by atoms with Crippen LogP contribution >= 0.6 is 0 Å². The third-order valence-corrected chi connectivity index (χ3v) is 4.70. The molecular weight excluding hydrogens is 248 g/mol. The van der Waals surface area contributed by atoms with Gasteiger partial charge in [0.1, 0.15) is 0 Å². The van der Waals surface area contributed by atoms with Crippen molar-refractivity contribution >= 4 is 15.7 Å². The number of anilines is 1. The van der Waals surface area contributed by atoms with E-state index in [0.29, 0.717) is 5.92 Å². The van der Waals surface area contributed by atoms with Crippen molar-refractivity contribution in [1.29, 1.82) is 0 Å².